The van der Waals surface area contributed by atoms with Crippen molar-refractivity contribution >= 4 is 23.6 Å². The van der Waals surface area contributed by atoms with Crippen molar-refractivity contribution in [1.82, 2.24) is 25.4 Å². The molecular formula is C21H23N5O3S. The van der Waals surface area contributed by atoms with Crippen LogP contribution in [-0.2, 0) is 11.3 Å². The summed E-state index contributed by atoms with van der Waals surface area (Å²) in [7, 11) is 0. The zero-order chi connectivity index (χ0) is 20.8. The summed E-state index contributed by atoms with van der Waals surface area (Å²) in [5.74, 6) is 1.30. The Labute approximate surface area is 178 Å². The van der Waals surface area contributed by atoms with Gasteiger partial charge in [-0.2, -0.15) is 5.10 Å². The van der Waals surface area contributed by atoms with Crippen LogP contribution in [0.5, 0.6) is 0 Å². The third-order valence-electron chi connectivity index (χ3n) is 5.13. The van der Waals surface area contributed by atoms with Crippen LogP contribution in [0.4, 0.5) is 0 Å². The molecule has 156 valence electrons. The van der Waals surface area contributed by atoms with Crippen LogP contribution in [0.15, 0.2) is 58.3 Å². The predicted molar refractivity (Wildman–Crippen MR) is 112 cm³/mol. The molecule has 0 aromatic carbocycles. The number of pyridine rings is 1. The second-order valence-electron chi connectivity index (χ2n) is 7.10. The van der Waals surface area contributed by atoms with Gasteiger partial charge in [0.1, 0.15) is 11.5 Å². The molecule has 3 aromatic heterocycles. The number of furan rings is 1. The van der Waals surface area contributed by atoms with Crippen LogP contribution < -0.4 is 5.32 Å². The maximum absolute atomic E-state index is 12.5. The Bertz CT molecular complexity index is 966. The number of nitrogens with one attached hydrogen (secondary N) is 2. The van der Waals surface area contributed by atoms with Crippen LogP contribution in [0.25, 0.3) is 0 Å². The fourth-order valence-electron chi connectivity index (χ4n) is 3.44. The van der Waals surface area contributed by atoms with E-state index in [4.69, 9.17) is 4.42 Å². The highest BCUT2D eigenvalue weighted by Gasteiger charge is 2.25. The van der Waals surface area contributed by atoms with Gasteiger partial charge in [0, 0.05) is 42.0 Å². The topological polar surface area (TPSA) is 104 Å². The van der Waals surface area contributed by atoms with E-state index in [2.05, 4.69) is 20.5 Å². The molecule has 0 unspecified atom stereocenters. The Morgan fingerprint density at radius 2 is 2.03 bits per heavy atom. The van der Waals surface area contributed by atoms with Crippen molar-refractivity contribution in [3.8, 4) is 0 Å². The first-order valence-corrected chi connectivity index (χ1v) is 10.8. The highest BCUT2D eigenvalue weighted by Crippen LogP contribution is 2.28. The molecule has 0 spiro atoms. The van der Waals surface area contributed by atoms with E-state index in [1.807, 2.05) is 17.0 Å². The number of likely N-dealkylation sites (tertiary alicyclic amines) is 1. The summed E-state index contributed by atoms with van der Waals surface area (Å²) in [5.41, 5.74) is 1.31. The number of hydrogen-bond acceptors (Lipinski definition) is 6. The Hall–Kier alpha value is -3.07. The molecule has 1 fully saturated rings. The van der Waals surface area contributed by atoms with E-state index in [1.165, 1.54) is 11.8 Å². The predicted octanol–water partition coefficient (Wildman–Crippen LogP) is 2.83. The largest absolute Gasteiger partial charge is 0.467 e. The van der Waals surface area contributed by atoms with E-state index in [0.717, 1.165) is 23.4 Å². The SMILES string of the molecule is O=C(NCc1ccco1)c1cc(C2CCN(C(=O)CSc3ccncc3)CC2)[nH]n1. The van der Waals surface area contributed by atoms with Gasteiger partial charge in [-0.05, 0) is 43.2 Å². The minimum Gasteiger partial charge on any atom is -0.467 e. The first-order valence-electron chi connectivity index (χ1n) is 9.85. The van der Waals surface area contributed by atoms with E-state index in [9.17, 15) is 9.59 Å². The summed E-state index contributed by atoms with van der Waals surface area (Å²) in [5, 5.41) is 9.94. The molecule has 2 amide bonds. The van der Waals surface area contributed by atoms with Gasteiger partial charge in [-0.3, -0.25) is 19.7 Å². The smallest absolute Gasteiger partial charge is 0.272 e. The molecule has 30 heavy (non-hydrogen) atoms. The quantitative estimate of drug-likeness (QED) is 0.564. The number of nitrogens with zero attached hydrogens (tertiary/aromatic N) is 3. The molecule has 0 saturated carbocycles. The molecule has 1 aliphatic heterocycles. The summed E-state index contributed by atoms with van der Waals surface area (Å²) >= 11 is 1.53. The van der Waals surface area contributed by atoms with Gasteiger partial charge in [-0.1, -0.05) is 0 Å². The van der Waals surface area contributed by atoms with Gasteiger partial charge in [-0.15, -0.1) is 11.8 Å². The minimum absolute atomic E-state index is 0.151. The monoisotopic (exact) mass is 425 g/mol. The molecule has 9 heteroatoms. The van der Waals surface area contributed by atoms with Crippen LogP contribution in [0.1, 0.15) is 40.7 Å². The van der Waals surface area contributed by atoms with Crippen LogP contribution in [0, 0.1) is 0 Å². The molecule has 0 aliphatic carbocycles. The molecule has 0 radical (unpaired) electrons. The normalized spacial score (nSPS) is 14.6. The van der Waals surface area contributed by atoms with Crippen LogP contribution in [0.3, 0.4) is 0 Å². The number of carbonyl (C=O) groups excluding carboxylic acids is 2. The zero-order valence-corrected chi connectivity index (χ0v) is 17.2. The molecule has 3 aromatic rings. The number of aromatic amines is 1. The summed E-state index contributed by atoms with van der Waals surface area (Å²) in [6.45, 7) is 1.74. The minimum atomic E-state index is -0.241. The Morgan fingerprint density at radius 1 is 1.23 bits per heavy atom. The van der Waals surface area contributed by atoms with Crippen molar-refractivity contribution in [2.45, 2.75) is 30.2 Å². The lowest BCUT2D eigenvalue weighted by molar-refractivity contribution is -0.129. The van der Waals surface area contributed by atoms with E-state index >= 15 is 0 Å². The van der Waals surface area contributed by atoms with Crippen molar-refractivity contribution in [1.29, 1.82) is 0 Å². The molecule has 1 saturated heterocycles. The van der Waals surface area contributed by atoms with Crippen molar-refractivity contribution in [3.05, 3.63) is 66.1 Å². The van der Waals surface area contributed by atoms with Crippen LogP contribution in [-0.4, -0.2) is 50.7 Å². The second-order valence-corrected chi connectivity index (χ2v) is 8.15. The third-order valence-corrected chi connectivity index (χ3v) is 6.13. The lowest BCUT2D eigenvalue weighted by Gasteiger charge is -2.31. The Morgan fingerprint density at radius 3 is 2.77 bits per heavy atom. The summed E-state index contributed by atoms with van der Waals surface area (Å²) in [6, 6.07) is 9.21. The van der Waals surface area contributed by atoms with Gasteiger partial charge in [0.05, 0.1) is 18.6 Å². The highest BCUT2D eigenvalue weighted by atomic mass is 32.2. The number of amides is 2. The average Bonchev–Trinajstić information content (AvgIpc) is 3.49. The van der Waals surface area contributed by atoms with Gasteiger partial charge >= 0.3 is 0 Å². The first kappa shape index (κ1) is 20.2. The third kappa shape index (κ3) is 5.10. The Kier molecular flexibility index (Phi) is 6.48. The van der Waals surface area contributed by atoms with Crippen molar-refractivity contribution in [2.24, 2.45) is 0 Å². The number of H-pyrrole nitrogens is 1. The van der Waals surface area contributed by atoms with Gasteiger partial charge in [-0.25, -0.2) is 0 Å². The van der Waals surface area contributed by atoms with Gasteiger partial charge < -0.3 is 14.6 Å². The highest BCUT2D eigenvalue weighted by molar-refractivity contribution is 8.00. The number of piperidine rings is 1. The van der Waals surface area contributed by atoms with Crippen molar-refractivity contribution in [3.63, 3.8) is 0 Å². The number of carbonyl (C=O) groups is 2. The lowest BCUT2D eigenvalue weighted by atomic mass is 9.93. The van der Waals surface area contributed by atoms with Gasteiger partial charge in [0.15, 0.2) is 0 Å². The lowest BCUT2D eigenvalue weighted by Crippen LogP contribution is -2.39. The average molecular weight is 426 g/mol. The van der Waals surface area contributed by atoms with E-state index < -0.39 is 0 Å². The van der Waals surface area contributed by atoms with Gasteiger partial charge in [0.2, 0.25) is 5.91 Å². The summed E-state index contributed by atoms with van der Waals surface area (Å²) < 4.78 is 5.21. The van der Waals surface area contributed by atoms with Crippen LogP contribution >= 0.6 is 11.8 Å². The fourth-order valence-corrected chi connectivity index (χ4v) is 4.23. The molecule has 8 nitrogen and oxygen atoms in total. The fraction of sp³-hybridized carbons (Fsp3) is 0.333. The zero-order valence-electron chi connectivity index (χ0n) is 16.4. The molecule has 0 bridgehead atoms. The van der Waals surface area contributed by atoms with Crippen molar-refractivity contribution < 1.29 is 14.0 Å². The number of aromatic nitrogens is 3. The molecule has 1 aliphatic rings. The molecule has 0 atom stereocenters. The number of hydrogen-bond donors (Lipinski definition) is 2. The molecule has 2 N–H and O–H groups in total. The van der Waals surface area contributed by atoms with E-state index in [1.54, 1.807) is 36.9 Å². The summed E-state index contributed by atoms with van der Waals surface area (Å²) in [4.78, 5) is 31.7. The van der Waals surface area contributed by atoms with E-state index in [-0.39, 0.29) is 17.7 Å². The number of rotatable bonds is 7. The summed E-state index contributed by atoms with van der Waals surface area (Å²) in [6.07, 6.45) is 6.73. The van der Waals surface area contributed by atoms with E-state index in [0.29, 0.717) is 36.8 Å². The molecule has 4 heterocycles. The standard InChI is InChI=1S/C21H23N5O3S/c27-20(14-30-17-3-7-22-8-4-17)26-9-5-15(6-10-26)18-12-19(25-24-18)21(28)23-13-16-2-1-11-29-16/h1-4,7-8,11-12,15H,5-6,9-10,13-14H2,(H,23,28)(H,24,25). The molecular weight excluding hydrogens is 402 g/mol. The number of thioether (sulfide) groups is 1. The maximum atomic E-state index is 12.5. The Balaban J connectivity index is 1.24. The first-order chi connectivity index (χ1) is 14.7. The second kappa shape index (κ2) is 9.62. The van der Waals surface area contributed by atoms with Crippen molar-refractivity contribution in [2.75, 3.05) is 18.8 Å². The maximum Gasteiger partial charge on any atom is 0.272 e. The molecule has 4 rings (SSSR count). The van der Waals surface area contributed by atoms with Gasteiger partial charge in [0.25, 0.3) is 5.91 Å². The van der Waals surface area contributed by atoms with Crippen LogP contribution in [0.2, 0.25) is 0 Å².